The summed E-state index contributed by atoms with van der Waals surface area (Å²) in [5.41, 5.74) is 0. The van der Waals surface area contributed by atoms with Crippen molar-refractivity contribution in [3.8, 4) is 0 Å². The van der Waals surface area contributed by atoms with E-state index in [2.05, 4.69) is 0 Å². The molecule has 13 heavy (non-hydrogen) atoms. The van der Waals surface area contributed by atoms with Crippen molar-refractivity contribution in [1.82, 2.24) is 0 Å². The molecule has 0 aliphatic rings. The molecule has 0 bridgehead atoms. The topological polar surface area (TPSA) is 80.9 Å². The quantitative estimate of drug-likeness (QED) is 0.330. The highest BCUT2D eigenvalue weighted by Gasteiger charge is 1.98. The van der Waals surface area contributed by atoms with Crippen LogP contribution >= 0.6 is 0 Å². The van der Waals surface area contributed by atoms with Gasteiger partial charge in [0, 0.05) is 0 Å². The van der Waals surface area contributed by atoms with E-state index in [9.17, 15) is 0 Å². The minimum Gasteiger partial charge on any atom is -0.368 e. The van der Waals surface area contributed by atoms with Gasteiger partial charge in [0.2, 0.25) is 0 Å². The van der Waals surface area contributed by atoms with E-state index in [0.717, 1.165) is 32.1 Å². The number of aliphatic hydroxyl groups is 4. The Labute approximate surface area is 78.8 Å². The van der Waals surface area contributed by atoms with Crippen molar-refractivity contribution in [3.05, 3.63) is 0 Å². The fourth-order valence-corrected chi connectivity index (χ4v) is 1.18. The first-order valence-corrected chi connectivity index (χ1v) is 4.85. The second-order valence-corrected chi connectivity index (χ2v) is 3.31. The zero-order chi connectivity index (χ0) is 10.1. The Morgan fingerprint density at radius 2 is 0.846 bits per heavy atom. The first-order chi connectivity index (χ1) is 6.13. The van der Waals surface area contributed by atoms with Crippen molar-refractivity contribution in [2.24, 2.45) is 0 Å². The van der Waals surface area contributed by atoms with Crippen molar-refractivity contribution >= 4 is 0 Å². The van der Waals surface area contributed by atoms with Crippen LogP contribution in [0.5, 0.6) is 0 Å². The highest BCUT2D eigenvalue weighted by atomic mass is 16.5. The average molecular weight is 192 g/mol. The van der Waals surface area contributed by atoms with E-state index in [1.807, 2.05) is 0 Å². The third kappa shape index (κ3) is 11.8. The largest absolute Gasteiger partial charge is 0.368 e. The zero-order valence-corrected chi connectivity index (χ0v) is 7.89. The van der Waals surface area contributed by atoms with Gasteiger partial charge in [-0.2, -0.15) is 0 Å². The standard InChI is InChI=1S/C9H20O4/c10-8(11)6-4-2-1-3-5-7-9(12)13/h8-13H,1-7H2. The lowest BCUT2D eigenvalue weighted by molar-refractivity contribution is -0.0471. The molecule has 0 rings (SSSR count). The van der Waals surface area contributed by atoms with Crippen LogP contribution in [-0.2, 0) is 0 Å². The molecule has 0 fully saturated rings. The number of rotatable bonds is 8. The van der Waals surface area contributed by atoms with E-state index in [-0.39, 0.29) is 0 Å². The Morgan fingerprint density at radius 3 is 1.15 bits per heavy atom. The number of unbranched alkanes of at least 4 members (excludes halogenated alkanes) is 4. The van der Waals surface area contributed by atoms with Crippen LogP contribution in [-0.4, -0.2) is 33.0 Å². The summed E-state index contributed by atoms with van der Waals surface area (Å²) in [7, 11) is 0. The molecule has 4 N–H and O–H groups in total. The van der Waals surface area contributed by atoms with Crippen LogP contribution in [0.2, 0.25) is 0 Å². The highest BCUT2D eigenvalue weighted by molar-refractivity contribution is 4.47. The summed E-state index contributed by atoms with van der Waals surface area (Å²) < 4.78 is 0. The van der Waals surface area contributed by atoms with Gasteiger partial charge in [0.15, 0.2) is 12.6 Å². The third-order valence-electron chi connectivity index (χ3n) is 1.92. The Bertz CT molecular complexity index is 91.8. The van der Waals surface area contributed by atoms with E-state index in [4.69, 9.17) is 20.4 Å². The molecular formula is C9H20O4. The molecule has 0 heterocycles. The van der Waals surface area contributed by atoms with E-state index in [1.165, 1.54) is 0 Å². The maximum atomic E-state index is 8.52. The summed E-state index contributed by atoms with van der Waals surface area (Å²) in [5.74, 6) is 0. The van der Waals surface area contributed by atoms with Gasteiger partial charge in [0.05, 0.1) is 0 Å². The molecule has 0 spiro atoms. The molecule has 4 heteroatoms. The van der Waals surface area contributed by atoms with Gasteiger partial charge in [-0.05, 0) is 25.7 Å². The van der Waals surface area contributed by atoms with E-state index in [0.29, 0.717) is 12.8 Å². The third-order valence-corrected chi connectivity index (χ3v) is 1.92. The van der Waals surface area contributed by atoms with Gasteiger partial charge < -0.3 is 20.4 Å². The van der Waals surface area contributed by atoms with Crippen molar-refractivity contribution in [3.63, 3.8) is 0 Å². The second kappa shape index (κ2) is 8.44. The summed E-state index contributed by atoms with van der Waals surface area (Å²) in [6, 6.07) is 0. The summed E-state index contributed by atoms with van der Waals surface area (Å²) in [6.07, 6.45) is 3.10. The van der Waals surface area contributed by atoms with Gasteiger partial charge >= 0.3 is 0 Å². The van der Waals surface area contributed by atoms with Crippen LogP contribution < -0.4 is 0 Å². The number of hydrogen-bond donors (Lipinski definition) is 4. The lowest BCUT2D eigenvalue weighted by atomic mass is 10.1. The smallest absolute Gasteiger partial charge is 0.151 e. The number of aliphatic hydroxyl groups excluding tert-OH is 2. The lowest BCUT2D eigenvalue weighted by Gasteiger charge is -2.04. The molecule has 0 amide bonds. The minimum absolute atomic E-state index is 0.433. The average Bonchev–Trinajstić information content (AvgIpc) is 2.01. The summed E-state index contributed by atoms with van der Waals surface area (Å²) in [6.45, 7) is 0. The van der Waals surface area contributed by atoms with Gasteiger partial charge in [0.1, 0.15) is 0 Å². The molecule has 0 aromatic rings. The number of hydrogen-bond acceptors (Lipinski definition) is 4. The normalized spacial score (nSPS) is 11.5. The molecule has 0 saturated heterocycles. The van der Waals surface area contributed by atoms with Crippen molar-refractivity contribution < 1.29 is 20.4 Å². The molecule has 4 nitrogen and oxygen atoms in total. The van der Waals surface area contributed by atoms with Gasteiger partial charge in [-0.15, -0.1) is 0 Å². The van der Waals surface area contributed by atoms with E-state index < -0.39 is 12.6 Å². The fourth-order valence-electron chi connectivity index (χ4n) is 1.18. The SMILES string of the molecule is OC(O)CCCCCCCC(O)O. The maximum Gasteiger partial charge on any atom is 0.151 e. The first kappa shape index (κ1) is 12.8. The van der Waals surface area contributed by atoms with Crippen molar-refractivity contribution in [1.29, 1.82) is 0 Å². The molecule has 0 aromatic heterocycles. The highest BCUT2D eigenvalue weighted by Crippen LogP contribution is 2.08. The predicted molar refractivity (Wildman–Crippen MR) is 48.8 cm³/mol. The molecule has 0 aliphatic heterocycles. The van der Waals surface area contributed by atoms with Crippen molar-refractivity contribution in [2.45, 2.75) is 57.5 Å². The monoisotopic (exact) mass is 192 g/mol. The Kier molecular flexibility index (Phi) is 8.33. The molecular weight excluding hydrogens is 172 g/mol. The van der Waals surface area contributed by atoms with E-state index in [1.54, 1.807) is 0 Å². The summed E-state index contributed by atoms with van der Waals surface area (Å²) in [5, 5.41) is 34.1. The Morgan fingerprint density at radius 1 is 0.538 bits per heavy atom. The molecule has 80 valence electrons. The Hall–Kier alpha value is -0.160. The van der Waals surface area contributed by atoms with Crippen LogP contribution in [0.25, 0.3) is 0 Å². The van der Waals surface area contributed by atoms with Gasteiger partial charge in [-0.3, -0.25) is 0 Å². The second-order valence-electron chi connectivity index (χ2n) is 3.31. The minimum atomic E-state index is -1.18. The lowest BCUT2D eigenvalue weighted by Crippen LogP contribution is -2.03. The van der Waals surface area contributed by atoms with Crippen LogP contribution in [0.3, 0.4) is 0 Å². The van der Waals surface area contributed by atoms with Crippen LogP contribution in [0, 0.1) is 0 Å². The molecule has 0 aliphatic carbocycles. The van der Waals surface area contributed by atoms with Gasteiger partial charge in [-0.1, -0.05) is 19.3 Å². The van der Waals surface area contributed by atoms with E-state index >= 15 is 0 Å². The summed E-state index contributed by atoms with van der Waals surface area (Å²) >= 11 is 0. The zero-order valence-electron chi connectivity index (χ0n) is 7.89. The molecule has 0 unspecified atom stereocenters. The van der Waals surface area contributed by atoms with Crippen molar-refractivity contribution in [2.75, 3.05) is 0 Å². The van der Waals surface area contributed by atoms with Crippen LogP contribution in [0.15, 0.2) is 0 Å². The molecule has 0 saturated carbocycles. The van der Waals surface area contributed by atoms with Crippen LogP contribution in [0.1, 0.15) is 44.9 Å². The summed E-state index contributed by atoms with van der Waals surface area (Å²) in [4.78, 5) is 0. The maximum absolute atomic E-state index is 8.52. The predicted octanol–water partition coefficient (Wildman–Crippen LogP) is 0.338. The Balaban J connectivity index is 2.92. The molecule has 0 atom stereocenters. The molecule has 0 aromatic carbocycles. The molecule has 0 radical (unpaired) electrons. The van der Waals surface area contributed by atoms with Gasteiger partial charge in [-0.25, -0.2) is 0 Å². The fraction of sp³-hybridized carbons (Fsp3) is 1.00. The van der Waals surface area contributed by atoms with Crippen LogP contribution in [0.4, 0.5) is 0 Å². The van der Waals surface area contributed by atoms with Gasteiger partial charge in [0.25, 0.3) is 0 Å². The first-order valence-electron chi connectivity index (χ1n) is 4.85.